The molecular weight excluding hydrogens is 305 g/mol. The van der Waals surface area contributed by atoms with Crippen molar-refractivity contribution in [3.8, 4) is 11.8 Å². The van der Waals surface area contributed by atoms with Crippen LogP contribution in [0, 0.1) is 11.3 Å². The van der Waals surface area contributed by atoms with Crippen molar-refractivity contribution in [1.29, 1.82) is 5.26 Å². The van der Waals surface area contributed by atoms with E-state index in [0.29, 0.717) is 22.9 Å². The summed E-state index contributed by atoms with van der Waals surface area (Å²) in [6.07, 6.45) is 0.603. The summed E-state index contributed by atoms with van der Waals surface area (Å²) >= 11 is 12.2. The molecule has 0 aliphatic heterocycles. The lowest BCUT2D eigenvalue weighted by atomic mass is 10.2. The molecule has 0 unspecified atom stereocenters. The van der Waals surface area contributed by atoms with Crippen LogP contribution < -0.4 is 0 Å². The Bertz CT molecular complexity index is 846. The van der Waals surface area contributed by atoms with Crippen LogP contribution in [0.4, 0.5) is 0 Å². The molecule has 0 spiro atoms. The van der Waals surface area contributed by atoms with Crippen molar-refractivity contribution in [1.82, 2.24) is 9.55 Å². The molecule has 0 N–H and O–H groups in total. The summed E-state index contributed by atoms with van der Waals surface area (Å²) < 4.78 is 1.93. The van der Waals surface area contributed by atoms with Gasteiger partial charge in [0.25, 0.3) is 0 Å². The van der Waals surface area contributed by atoms with Crippen molar-refractivity contribution in [2.24, 2.45) is 0 Å². The number of imidazole rings is 1. The maximum absolute atomic E-state index is 9.34. The zero-order valence-electron chi connectivity index (χ0n) is 11.1. The molecule has 0 fully saturated rings. The summed E-state index contributed by atoms with van der Waals surface area (Å²) in [7, 11) is 0. The Labute approximate surface area is 132 Å². The number of fused-ring (bicyclic) bond motifs is 1. The number of para-hydroxylation sites is 2. The van der Waals surface area contributed by atoms with Gasteiger partial charge < -0.3 is 0 Å². The van der Waals surface area contributed by atoms with E-state index in [9.17, 15) is 5.26 Å². The van der Waals surface area contributed by atoms with E-state index >= 15 is 0 Å². The van der Waals surface area contributed by atoms with E-state index in [1.165, 1.54) is 0 Å². The van der Waals surface area contributed by atoms with Crippen LogP contribution in [0.5, 0.6) is 0 Å². The zero-order chi connectivity index (χ0) is 14.8. The molecule has 0 amide bonds. The summed E-state index contributed by atoms with van der Waals surface area (Å²) in [6, 6.07) is 15.2. The fourth-order valence-corrected chi connectivity index (χ4v) is 2.83. The van der Waals surface area contributed by atoms with Gasteiger partial charge in [0.1, 0.15) is 11.9 Å². The van der Waals surface area contributed by atoms with Gasteiger partial charge in [-0.25, -0.2) is 4.98 Å². The average molecular weight is 316 g/mol. The molecule has 104 valence electrons. The molecule has 21 heavy (non-hydrogen) atoms. The van der Waals surface area contributed by atoms with E-state index in [0.717, 1.165) is 22.5 Å². The zero-order valence-corrected chi connectivity index (χ0v) is 12.6. The lowest BCUT2D eigenvalue weighted by molar-refractivity contribution is 0.910. The number of aromatic nitrogens is 2. The first-order valence-corrected chi connectivity index (χ1v) is 7.39. The van der Waals surface area contributed by atoms with Crippen LogP contribution >= 0.6 is 23.2 Å². The van der Waals surface area contributed by atoms with Gasteiger partial charge in [-0.15, -0.1) is 11.6 Å². The van der Waals surface area contributed by atoms with Crippen LogP contribution in [-0.2, 0) is 6.42 Å². The SMILES string of the molecule is N#Cc1ccccc1-n1c(CCCl)nc2cccc(Cl)c21. The molecule has 2 aromatic carbocycles. The third kappa shape index (κ3) is 2.37. The molecular formula is C16H11Cl2N3. The molecule has 5 heteroatoms. The van der Waals surface area contributed by atoms with Gasteiger partial charge in [-0.1, -0.05) is 29.8 Å². The number of nitrogens with zero attached hydrogens (tertiary/aromatic N) is 3. The van der Waals surface area contributed by atoms with E-state index in [4.69, 9.17) is 23.2 Å². The normalized spacial score (nSPS) is 10.7. The minimum absolute atomic E-state index is 0.454. The summed E-state index contributed by atoms with van der Waals surface area (Å²) in [4.78, 5) is 4.60. The summed E-state index contributed by atoms with van der Waals surface area (Å²) in [5.74, 6) is 1.26. The first-order chi connectivity index (χ1) is 10.3. The molecule has 1 aromatic heterocycles. The Morgan fingerprint density at radius 2 is 1.95 bits per heavy atom. The van der Waals surface area contributed by atoms with Gasteiger partial charge in [0, 0.05) is 12.3 Å². The molecule has 0 aliphatic carbocycles. The van der Waals surface area contributed by atoms with Crippen LogP contribution in [0.1, 0.15) is 11.4 Å². The standard InChI is InChI=1S/C16H11Cl2N3/c17-9-8-15-20-13-6-3-5-12(18)16(13)21(15)14-7-2-1-4-11(14)10-19/h1-7H,8-9H2. The summed E-state index contributed by atoms with van der Waals surface area (Å²) in [5, 5.41) is 9.94. The second-order valence-corrected chi connectivity index (χ2v) is 5.32. The van der Waals surface area contributed by atoms with E-state index in [2.05, 4.69) is 11.1 Å². The molecule has 0 atom stereocenters. The van der Waals surface area contributed by atoms with Crippen molar-refractivity contribution in [3.05, 3.63) is 58.9 Å². The van der Waals surface area contributed by atoms with Gasteiger partial charge in [0.05, 0.1) is 27.3 Å². The highest BCUT2D eigenvalue weighted by Crippen LogP contribution is 2.29. The molecule has 0 saturated carbocycles. The fourth-order valence-electron chi connectivity index (χ4n) is 2.41. The van der Waals surface area contributed by atoms with Crippen LogP contribution in [0.3, 0.4) is 0 Å². The van der Waals surface area contributed by atoms with Gasteiger partial charge in [0.15, 0.2) is 0 Å². The van der Waals surface area contributed by atoms with Crippen LogP contribution in [0.25, 0.3) is 16.7 Å². The Morgan fingerprint density at radius 1 is 1.14 bits per heavy atom. The highest BCUT2D eigenvalue weighted by atomic mass is 35.5. The molecule has 3 nitrogen and oxygen atoms in total. The van der Waals surface area contributed by atoms with Crippen LogP contribution in [0.2, 0.25) is 5.02 Å². The summed E-state index contributed by atoms with van der Waals surface area (Å²) in [6.45, 7) is 0. The van der Waals surface area contributed by atoms with E-state index in [-0.39, 0.29) is 0 Å². The van der Waals surface area contributed by atoms with E-state index in [1.54, 1.807) is 6.07 Å². The topological polar surface area (TPSA) is 41.6 Å². The number of benzene rings is 2. The average Bonchev–Trinajstić information content (AvgIpc) is 2.87. The minimum Gasteiger partial charge on any atom is -0.293 e. The lowest BCUT2D eigenvalue weighted by Gasteiger charge is -2.11. The predicted octanol–water partition coefficient (Wildman–Crippen LogP) is 4.33. The Balaban J connectivity index is 2.39. The second kappa shape index (κ2) is 5.77. The van der Waals surface area contributed by atoms with E-state index in [1.807, 2.05) is 41.0 Å². The highest BCUT2D eigenvalue weighted by Gasteiger charge is 2.16. The molecule has 3 rings (SSSR count). The minimum atomic E-state index is 0.454. The second-order valence-electron chi connectivity index (χ2n) is 4.54. The monoisotopic (exact) mass is 315 g/mol. The molecule has 0 aliphatic rings. The van der Waals surface area contributed by atoms with Crippen LogP contribution in [-0.4, -0.2) is 15.4 Å². The predicted molar refractivity (Wildman–Crippen MR) is 85.2 cm³/mol. The quantitative estimate of drug-likeness (QED) is 0.675. The third-order valence-corrected chi connectivity index (χ3v) is 3.77. The van der Waals surface area contributed by atoms with Gasteiger partial charge in [-0.2, -0.15) is 5.26 Å². The molecule has 0 radical (unpaired) electrons. The van der Waals surface area contributed by atoms with Gasteiger partial charge in [-0.05, 0) is 24.3 Å². The lowest BCUT2D eigenvalue weighted by Crippen LogP contribution is -2.04. The first-order valence-electron chi connectivity index (χ1n) is 6.47. The Hall–Kier alpha value is -2.02. The van der Waals surface area contributed by atoms with Crippen LogP contribution in [0.15, 0.2) is 42.5 Å². The molecule has 0 saturated heterocycles. The fraction of sp³-hybridized carbons (Fsp3) is 0.125. The smallest absolute Gasteiger partial charge is 0.115 e. The highest BCUT2D eigenvalue weighted by molar-refractivity contribution is 6.35. The molecule has 0 bridgehead atoms. The van der Waals surface area contributed by atoms with Crippen molar-refractivity contribution >= 4 is 34.2 Å². The van der Waals surface area contributed by atoms with E-state index < -0.39 is 0 Å². The summed E-state index contributed by atoms with van der Waals surface area (Å²) in [5.41, 5.74) is 2.96. The van der Waals surface area contributed by atoms with Crippen molar-refractivity contribution in [2.45, 2.75) is 6.42 Å². The number of alkyl halides is 1. The van der Waals surface area contributed by atoms with Gasteiger partial charge in [0.2, 0.25) is 0 Å². The first kappa shape index (κ1) is 13.9. The third-order valence-electron chi connectivity index (χ3n) is 3.28. The van der Waals surface area contributed by atoms with Crippen molar-refractivity contribution < 1.29 is 0 Å². The number of rotatable bonds is 3. The Kier molecular flexibility index (Phi) is 3.83. The molecule has 3 aromatic rings. The number of halogens is 2. The molecule has 1 heterocycles. The largest absolute Gasteiger partial charge is 0.293 e. The number of nitriles is 1. The number of hydrogen-bond acceptors (Lipinski definition) is 2. The van der Waals surface area contributed by atoms with Gasteiger partial charge >= 0.3 is 0 Å². The Morgan fingerprint density at radius 3 is 2.71 bits per heavy atom. The maximum Gasteiger partial charge on any atom is 0.115 e. The number of hydrogen-bond donors (Lipinski definition) is 0. The van der Waals surface area contributed by atoms with Crippen molar-refractivity contribution in [2.75, 3.05) is 5.88 Å². The number of aryl methyl sites for hydroxylation is 1. The maximum atomic E-state index is 9.34. The van der Waals surface area contributed by atoms with Crippen molar-refractivity contribution in [3.63, 3.8) is 0 Å². The van der Waals surface area contributed by atoms with Gasteiger partial charge in [-0.3, -0.25) is 4.57 Å².